The highest BCUT2D eigenvalue weighted by Crippen LogP contribution is 2.32. The van der Waals surface area contributed by atoms with Gasteiger partial charge in [-0.3, -0.25) is 10.1 Å². The van der Waals surface area contributed by atoms with Gasteiger partial charge in [-0.05, 0) is 19.4 Å². The number of carbonyl (C=O) groups is 1. The maximum Gasteiger partial charge on any atom is 0.340 e. The number of methoxy groups -OCH3 is 1. The molecule has 20 heavy (non-hydrogen) atoms. The van der Waals surface area contributed by atoms with Gasteiger partial charge in [-0.1, -0.05) is 6.92 Å². The summed E-state index contributed by atoms with van der Waals surface area (Å²) >= 11 is 0. The first-order valence-electron chi connectivity index (χ1n) is 6.12. The predicted molar refractivity (Wildman–Crippen MR) is 72.5 cm³/mol. The van der Waals surface area contributed by atoms with E-state index in [-0.39, 0.29) is 23.0 Å². The van der Waals surface area contributed by atoms with E-state index in [0.717, 1.165) is 25.7 Å². The van der Waals surface area contributed by atoms with Crippen LogP contribution < -0.4 is 4.90 Å². The summed E-state index contributed by atoms with van der Waals surface area (Å²) in [4.78, 5) is 23.5. The molecular weight excluding hydrogens is 267 g/mol. The van der Waals surface area contributed by atoms with Gasteiger partial charge in [0.1, 0.15) is 11.5 Å². The second-order valence-corrected chi connectivity index (χ2v) is 4.44. The first-order valence-corrected chi connectivity index (χ1v) is 6.12. The van der Waals surface area contributed by atoms with Crippen LogP contribution in [-0.4, -0.2) is 31.1 Å². The molecule has 1 atom stereocenters. The summed E-state index contributed by atoms with van der Waals surface area (Å²) in [5, 5.41) is 11.0. The van der Waals surface area contributed by atoms with Crippen molar-refractivity contribution < 1.29 is 18.8 Å². The Morgan fingerprint density at radius 2 is 2.15 bits per heavy atom. The monoisotopic (exact) mass is 284 g/mol. The lowest BCUT2D eigenvalue weighted by molar-refractivity contribution is -0.384. The molecule has 0 fully saturated rings. The van der Waals surface area contributed by atoms with Crippen LogP contribution in [0.15, 0.2) is 12.1 Å². The lowest BCUT2D eigenvalue weighted by Crippen LogP contribution is -2.29. The summed E-state index contributed by atoms with van der Waals surface area (Å²) in [6.07, 6.45) is 0.749. The van der Waals surface area contributed by atoms with Gasteiger partial charge in [0.15, 0.2) is 0 Å². The second kappa shape index (κ2) is 6.31. The van der Waals surface area contributed by atoms with Gasteiger partial charge in [-0.15, -0.1) is 0 Å². The minimum Gasteiger partial charge on any atom is -0.465 e. The number of ether oxygens (including phenoxy) is 1. The van der Waals surface area contributed by atoms with Gasteiger partial charge in [-0.2, -0.15) is 0 Å². The molecule has 0 heterocycles. The Morgan fingerprint density at radius 3 is 2.60 bits per heavy atom. The van der Waals surface area contributed by atoms with E-state index in [2.05, 4.69) is 4.74 Å². The molecule has 1 rings (SSSR count). The van der Waals surface area contributed by atoms with Crippen molar-refractivity contribution in [1.29, 1.82) is 0 Å². The summed E-state index contributed by atoms with van der Waals surface area (Å²) in [7, 11) is 2.79. The Bertz CT molecular complexity index is 533. The third kappa shape index (κ3) is 3.04. The van der Waals surface area contributed by atoms with Crippen LogP contribution in [0.3, 0.4) is 0 Å². The Hall–Kier alpha value is -2.18. The summed E-state index contributed by atoms with van der Waals surface area (Å²) < 4.78 is 18.2. The number of carbonyl (C=O) groups excluding carboxylic acids is 1. The molecule has 0 saturated heterocycles. The average Bonchev–Trinajstić information content (AvgIpc) is 2.44. The molecule has 7 heteroatoms. The molecule has 0 spiro atoms. The van der Waals surface area contributed by atoms with Crippen molar-refractivity contribution >= 4 is 17.3 Å². The van der Waals surface area contributed by atoms with Crippen molar-refractivity contribution in [3.63, 3.8) is 0 Å². The summed E-state index contributed by atoms with van der Waals surface area (Å²) in [5.41, 5.74) is -0.507. The number of benzene rings is 1. The second-order valence-electron chi connectivity index (χ2n) is 4.44. The van der Waals surface area contributed by atoms with Crippen LogP contribution in [0.5, 0.6) is 0 Å². The van der Waals surface area contributed by atoms with E-state index >= 15 is 0 Å². The molecule has 0 aliphatic carbocycles. The van der Waals surface area contributed by atoms with E-state index in [1.54, 1.807) is 11.9 Å². The zero-order chi connectivity index (χ0) is 15.4. The molecule has 0 aliphatic rings. The molecule has 0 amide bonds. The van der Waals surface area contributed by atoms with E-state index in [1.165, 1.54) is 0 Å². The lowest BCUT2D eigenvalue weighted by atomic mass is 10.1. The SMILES string of the molecule is CCC(C)N(C)c1cc(C(=O)OC)c(F)cc1[N+](=O)[O-]. The Kier molecular flexibility index (Phi) is 5.01. The van der Waals surface area contributed by atoms with Crippen LogP contribution in [0.25, 0.3) is 0 Å². The van der Waals surface area contributed by atoms with Crippen LogP contribution in [-0.2, 0) is 4.74 Å². The standard InChI is InChI=1S/C13H17FN2O4/c1-5-8(2)15(3)11-6-9(13(17)20-4)10(14)7-12(11)16(18)19/h6-8H,5H2,1-4H3. The van der Waals surface area contributed by atoms with Gasteiger partial charge < -0.3 is 9.64 Å². The van der Waals surface area contributed by atoms with E-state index in [9.17, 15) is 19.3 Å². The molecule has 1 unspecified atom stereocenters. The van der Waals surface area contributed by atoms with Gasteiger partial charge >= 0.3 is 5.97 Å². The number of hydrogen-bond donors (Lipinski definition) is 0. The van der Waals surface area contributed by atoms with Crippen LogP contribution in [0.2, 0.25) is 0 Å². The number of hydrogen-bond acceptors (Lipinski definition) is 5. The zero-order valence-corrected chi connectivity index (χ0v) is 11.8. The quantitative estimate of drug-likeness (QED) is 0.472. The van der Waals surface area contributed by atoms with Crippen LogP contribution in [0.1, 0.15) is 30.6 Å². The van der Waals surface area contributed by atoms with Crippen LogP contribution in [0, 0.1) is 15.9 Å². The number of anilines is 1. The molecule has 6 nitrogen and oxygen atoms in total. The minimum absolute atomic E-state index is 0.00431. The van der Waals surface area contributed by atoms with Gasteiger partial charge in [0.2, 0.25) is 0 Å². The number of esters is 1. The van der Waals surface area contributed by atoms with Gasteiger partial charge in [-0.25, -0.2) is 9.18 Å². The Morgan fingerprint density at radius 1 is 1.55 bits per heavy atom. The van der Waals surface area contributed by atoms with Gasteiger partial charge in [0.05, 0.1) is 23.7 Å². The van der Waals surface area contributed by atoms with E-state index in [4.69, 9.17) is 0 Å². The molecule has 0 aliphatic heterocycles. The number of halogens is 1. The maximum absolute atomic E-state index is 13.8. The highest BCUT2D eigenvalue weighted by Gasteiger charge is 2.25. The number of nitro groups is 1. The largest absolute Gasteiger partial charge is 0.465 e. The first-order chi connectivity index (χ1) is 9.33. The van der Waals surface area contributed by atoms with Crippen molar-refractivity contribution in [2.45, 2.75) is 26.3 Å². The van der Waals surface area contributed by atoms with Gasteiger partial charge in [0, 0.05) is 13.1 Å². The van der Waals surface area contributed by atoms with Gasteiger partial charge in [0.25, 0.3) is 5.69 Å². The third-order valence-electron chi connectivity index (χ3n) is 3.30. The molecule has 0 N–H and O–H groups in total. The Labute approximate surface area is 116 Å². The van der Waals surface area contributed by atoms with E-state index < -0.39 is 16.7 Å². The summed E-state index contributed by atoms with van der Waals surface area (Å²) in [5.74, 6) is -1.83. The highest BCUT2D eigenvalue weighted by atomic mass is 19.1. The molecule has 0 bridgehead atoms. The predicted octanol–water partition coefficient (Wildman–Crippen LogP) is 2.76. The molecule has 0 aromatic heterocycles. The average molecular weight is 284 g/mol. The molecule has 0 radical (unpaired) electrons. The first kappa shape index (κ1) is 15.9. The number of rotatable bonds is 5. The summed E-state index contributed by atoms with van der Waals surface area (Å²) in [6.45, 7) is 3.81. The van der Waals surface area contributed by atoms with E-state index in [1.807, 2.05) is 13.8 Å². The summed E-state index contributed by atoms with van der Waals surface area (Å²) in [6, 6.07) is 1.91. The maximum atomic E-state index is 13.8. The zero-order valence-electron chi connectivity index (χ0n) is 11.8. The minimum atomic E-state index is -0.968. The fraction of sp³-hybridized carbons (Fsp3) is 0.462. The van der Waals surface area contributed by atoms with Crippen molar-refractivity contribution in [3.05, 3.63) is 33.6 Å². The lowest BCUT2D eigenvalue weighted by Gasteiger charge is -2.26. The number of nitrogens with zero attached hydrogens (tertiary/aromatic N) is 2. The topological polar surface area (TPSA) is 72.7 Å². The van der Waals surface area contributed by atoms with Crippen LogP contribution >= 0.6 is 0 Å². The van der Waals surface area contributed by atoms with Crippen molar-refractivity contribution in [1.82, 2.24) is 0 Å². The molecule has 0 saturated carbocycles. The van der Waals surface area contributed by atoms with Crippen molar-refractivity contribution in [3.8, 4) is 0 Å². The molecule has 1 aromatic rings. The van der Waals surface area contributed by atoms with Crippen molar-refractivity contribution in [2.75, 3.05) is 19.1 Å². The fourth-order valence-electron chi connectivity index (χ4n) is 1.76. The molecular formula is C13H17FN2O4. The molecule has 110 valence electrons. The smallest absolute Gasteiger partial charge is 0.340 e. The van der Waals surface area contributed by atoms with Crippen LogP contribution in [0.4, 0.5) is 15.8 Å². The highest BCUT2D eigenvalue weighted by molar-refractivity contribution is 5.92. The molecule has 1 aromatic carbocycles. The third-order valence-corrected chi connectivity index (χ3v) is 3.30. The normalized spacial score (nSPS) is 11.8. The van der Waals surface area contributed by atoms with Crippen molar-refractivity contribution in [2.24, 2.45) is 0 Å². The number of nitro benzene ring substituents is 1. The fourth-order valence-corrected chi connectivity index (χ4v) is 1.76. The Balaban J connectivity index is 3.45. The van der Waals surface area contributed by atoms with E-state index in [0.29, 0.717) is 0 Å².